The first-order valence-corrected chi connectivity index (χ1v) is 13.1. The van der Waals surface area contributed by atoms with E-state index in [1.807, 2.05) is 27.7 Å². The molecule has 1 unspecified atom stereocenters. The molecule has 1 amide bonds. The molecule has 0 radical (unpaired) electrons. The van der Waals surface area contributed by atoms with E-state index < -0.39 is 27.7 Å². The zero-order valence-corrected chi connectivity index (χ0v) is 23.3. The third kappa shape index (κ3) is 8.58. The van der Waals surface area contributed by atoms with E-state index in [1.54, 1.807) is 18.2 Å². The predicted molar refractivity (Wildman–Crippen MR) is 141 cm³/mol. The van der Waals surface area contributed by atoms with Crippen molar-refractivity contribution in [2.45, 2.75) is 97.9 Å². The summed E-state index contributed by atoms with van der Waals surface area (Å²) in [6, 6.07) is 5.85. The quantitative estimate of drug-likeness (QED) is 0.259. The molecule has 0 spiro atoms. The van der Waals surface area contributed by atoms with Crippen LogP contribution in [0.25, 0.3) is 0 Å². The third-order valence-electron chi connectivity index (χ3n) is 6.34. The Balaban J connectivity index is 3.39. The molecule has 7 heteroatoms. The molecular weight excluding hydrogens is 451 g/mol. The van der Waals surface area contributed by atoms with E-state index in [1.165, 1.54) is 17.0 Å². The van der Waals surface area contributed by atoms with E-state index in [2.05, 4.69) is 45.9 Å². The summed E-state index contributed by atoms with van der Waals surface area (Å²) in [6.07, 6.45) is 2.36. The topological polar surface area (TPSA) is 75.6 Å². The fourth-order valence-electron chi connectivity index (χ4n) is 4.56. The van der Waals surface area contributed by atoms with Gasteiger partial charge in [0.15, 0.2) is 0 Å². The molecule has 5 nitrogen and oxygen atoms in total. The van der Waals surface area contributed by atoms with Crippen LogP contribution < -0.4 is 4.72 Å². The van der Waals surface area contributed by atoms with Crippen LogP contribution in [-0.4, -0.2) is 38.0 Å². The zero-order valence-electron chi connectivity index (χ0n) is 22.5. The molecule has 0 fully saturated rings. The van der Waals surface area contributed by atoms with E-state index >= 15 is 0 Å². The maximum atomic E-state index is 13.7. The minimum absolute atomic E-state index is 0.0494. The third-order valence-corrected chi connectivity index (χ3v) is 8.03. The molecule has 34 heavy (non-hydrogen) atoms. The molecule has 1 rings (SSSR count). The largest absolute Gasteiger partial charge is 0.598 e. The van der Waals surface area contributed by atoms with Crippen LogP contribution in [0.2, 0.25) is 0 Å². The van der Waals surface area contributed by atoms with Crippen LogP contribution in [-0.2, 0) is 16.9 Å². The van der Waals surface area contributed by atoms with Crippen molar-refractivity contribution in [2.24, 2.45) is 10.8 Å². The van der Waals surface area contributed by atoms with Gasteiger partial charge in [-0.25, -0.2) is 9.18 Å². The first-order valence-electron chi connectivity index (χ1n) is 11.9. The number of halogens is 1. The first kappa shape index (κ1) is 30.5. The number of carboxylic acid groups (broad SMARTS) is 1. The summed E-state index contributed by atoms with van der Waals surface area (Å²) in [7, 11) is 0. The molecule has 0 bridgehead atoms. The lowest BCUT2D eigenvalue weighted by molar-refractivity contribution is 0.0560. The second-order valence-corrected chi connectivity index (χ2v) is 14.2. The maximum Gasteiger partial charge on any atom is 0.407 e. The van der Waals surface area contributed by atoms with Crippen molar-refractivity contribution in [1.82, 2.24) is 9.62 Å². The van der Waals surface area contributed by atoms with Gasteiger partial charge in [0, 0.05) is 23.9 Å². The number of hydrogen-bond acceptors (Lipinski definition) is 3. The second-order valence-electron chi connectivity index (χ2n) is 12.2. The molecule has 0 heterocycles. The number of amides is 1. The average molecular weight is 497 g/mol. The molecule has 0 saturated carbocycles. The highest BCUT2D eigenvalue weighted by atomic mass is 32.2. The summed E-state index contributed by atoms with van der Waals surface area (Å²) >= 11 is -1.44. The number of nitrogens with one attached hydrogen (secondary N) is 1. The highest BCUT2D eigenvalue weighted by Gasteiger charge is 2.42. The summed E-state index contributed by atoms with van der Waals surface area (Å²) in [4.78, 5) is 13.8. The van der Waals surface area contributed by atoms with E-state index in [4.69, 9.17) is 0 Å². The molecule has 0 saturated heterocycles. The van der Waals surface area contributed by atoms with Crippen molar-refractivity contribution < 1.29 is 18.8 Å². The lowest BCUT2D eigenvalue weighted by atomic mass is 9.72. The lowest BCUT2D eigenvalue weighted by Crippen LogP contribution is -2.54. The Bertz CT molecular complexity index is 815. The van der Waals surface area contributed by atoms with Crippen molar-refractivity contribution >= 4 is 17.5 Å². The van der Waals surface area contributed by atoms with E-state index in [-0.39, 0.29) is 29.2 Å². The van der Waals surface area contributed by atoms with Gasteiger partial charge in [-0.05, 0) is 75.5 Å². The molecule has 0 aliphatic carbocycles. The number of rotatable bonds is 11. The summed E-state index contributed by atoms with van der Waals surface area (Å²) in [5.41, 5.74) is -0.323. The molecule has 194 valence electrons. The van der Waals surface area contributed by atoms with Crippen LogP contribution in [0.15, 0.2) is 36.9 Å². The molecule has 1 aromatic rings. The molecule has 0 aliphatic heterocycles. The number of nitrogens with zero attached hydrogens (tertiary/aromatic N) is 1. The standard InChI is InChI=1S/C27H45FN2O3S/c1-11-16-27(29-34(33)25(6,7)8,21-12-14-22(28)15-13-21)17-18-30(23(31)32)20(2)26(9,10)19-24(3,4)5/h11-15,20,29H,1,16-19H2,2-10H3,(H,31,32)/t20-,27+,34?/m0/s1. The molecule has 3 atom stereocenters. The van der Waals surface area contributed by atoms with Crippen molar-refractivity contribution in [3.63, 3.8) is 0 Å². The van der Waals surface area contributed by atoms with Gasteiger partial charge in [0.25, 0.3) is 0 Å². The zero-order chi connectivity index (χ0) is 26.5. The van der Waals surface area contributed by atoms with Crippen LogP contribution in [0.5, 0.6) is 0 Å². The Morgan fingerprint density at radius 1 is 1.18 bits per heavy atom. The molecular formula is C27H45FN2O3S. The monoisotopic (exact) mass is 496 g/mol. The Hall–Kier alpha value is -1.57. The first-order chi connectivity index (χ1) is 15.3. The van der Waals surface area contributed by atoms with Gasteiger partial charge in [0.1, 0.15) is 10.6 Å². The van der Waals surface area contributed by atoms with Gasteiger partial charge in [-0.1, -0.05) is 52.8 Å². The smallest absolute Gasteiger partial charge is 0.407 e. The Kier molecular flexibility index (Phi) is 10.3. The molecule has 0 aliphatic rings. The second kappa shape index (κ2) is 11.4. The molecule has 2 N–H and O–H groups in total. The van der Waals surface area contributed by atoms with Gasteiger partial charge >= 0.3 is 6.09 Å². The molecule has 0 aromatic heterocycles. The Morgan fingerprint density at radius 3 is 2.12 bits per heavy atom. The SMILES string of the molecule is C=CC[C@](CCN(C(=O)O)[C@@H](C)C(C)(C)CC(C)(C)C)(N[S+]([O-])C(C)(C)C)c1ccc(F)cc1. The van der Waals surface area contributed by atoms with Gasteiger partial charge in [-0.15, -0.1) is 11.3 Å². The van der Waals surface area contributed by atoms with E-state index in [0.29, 0.717) is 12.8 Å². The maximum absolute atomic E-state index is 13.7. The van der Waals surface area contributed by atoms with Gasteiger partial charge < -0.3 is 14.6 Å². The van der Waals surface area contributed by atoms with Crippen molar-refractivity contribution in [3.8, 4) is 0 Å². The Labute approximate surface area is 209 Å². The van der Waals surface area contributed by atoms with Gasteiger partial charge in [-0.2, -0.15) is 0 Å². The fraction of sp³-hybridized carbons (Fsp3) is 0.667. The summed E-state index contributed by atoms with van der Waals surface area (Å²) in [5.74, 6) is -0.363. The average Bonchev–Trinajstić information content (AvgIpc) is 2.65. The lowest BCUT2D eigenvalue weighted by Gasteiger charge is -2.44. The predicted octanol–water partition coefficient (Wildman–Crippen LogP) is 6.87. The number of carbonyl (C=O) groups is 1. The highest BCUT2D eigenvalue weighted by Crippen LogP contribution is 2.39. The van der Waals surface area contributed by atoms with E-state index in [9.17, 15) is 18.8 Å². The molecule has 1 aromatic carbocycles. The summed E-state index contributed by atoms with van der Waals surface area (Å²) in [6.45, 7) is 22.4. The Morgan fingerprint density at radius 2 is 1.71 bits per heavy atom. The van der Waals surface area contributed by atoms with Crippen LogP contribution in [0.1, 0.15) is 87.1 Å². The van der Waals surface area contributed by atoms with Crippen molar-refractivity contribution in [1.29, 1.82) is 0 Å². The fourth-order valence-corrected chi connectivity index (χ4v) is 5.53. The van der Waals surface area contributed by atoms with Crippen LogP contribution in [0.3, 0.4) is 0 Å². The van der Waals surface area contributed by atoms with Gasteiger partial charge in [0.05, 0.1) is 5.54 Å². The highest BCUT2D eigenvalue weighted by molar-refractivity contribution is 7.90. The van der Waals surface area contributed by atoms with E-state index in [0.717, 1.165) is 12.0 Å². The van der Waals surface area contributed by atoms with Crippen LogP contribution >= 0.6 is 0 Å². The summed E-state index contributed by atoms with van der Waals surface area (Å²) < 4.78 is 29.6. The summed E-state index contributed by atoms with van der Waals surface area (Å²) in [5, 5.41) is 10.1. The minimum Gasteiger partial charge on any atom is -0.598 e. The van der Waals surface area contributed by atoms with Gasteiger partial charge in [-0.3, -0.25) is 0 Å². The van der Waals surface area contributed by atoms with Crippen molar-refractivity contribution in [3.05, 3.63) is 48.3 Å². The van der Waals surface area contributed by atoms with Crippen LogP contribution in [0.4, 0.5) is 9.18 Å². The van der Waals surface area contributed by atoms with Crippen molar-refractivity contribution in [2.75, 3.05) is 6.54 Å². The normalized spacial score (nSPS) is 16.4. The van der Waals surface area contributed by atoms with Gasteiger partial charge in [0.2, 0.25) is 0 Å². The number of hydrogen-bond donors (Lipinski definition) is 2. The van der Waals surface area contributed by atoms with Crippen LogP contribution in [0, 0.1) is 16.6 Å². The minimum atomic E-state index is -1.44. The number of benzene rings is 1.